The highest BCUT2D eigenvalue weighted by atomic mass is 15.2. The van der Waals surface area contributed by atoms with Gasteiger partial charge in [0.2, 0.25) is 0 Å². The van der Waals surface area contributed by atoms with Gasteiger partial charge in [0.05, 0.1) is 0 Å². The van der Waals surface area contributed by atoms with Crippen molar-refractivity contribution in [2.45, 2.75) is 19.9 Å². The summed E-state index contributed by atoms with van der Waals surface area (Å²) in [6.45, 7) is 8.53. The molecule has 0 bridgehead atoms. The highest BCUT2D eigenvalue weighted by molar-refractivity contribution is 4.59. The first-order chi connectivity index (χ1) is 5.27. The van der Waals surface area contributed by atoms with Gasteiger partial charge in [0, 0.05) is 32.2 Å². The molecule has 0 amide bonds. The maximum absolute atomic E-state index is 4.92. The molecule has 11 heavy (non-hydrogen) atoms. The standard InChI is InChI=1S/C4H10N2.C3H10N2/c1-2-6-4-3-5-1;1-3(2)5-4/h5-6H,1-4H2;3,5H,4H2,1-2H3. The van der Waals surface area contributed by atoms with Gasteiger partial charge in [-0.1, -0.05) is 0 Å². The molecule has 0 aromatic rings. The molecule has 1 rings (SSSR count). The summed E-state index contributed by atoms with van der Waals surface area (Å²) in [4.78, 5) is 0. The molecule has 0 spiro atoms. The minimum Gasteiger partial charge on any atom is -0.314 e. The van der Waals surface area contributed by atoms with Crippen molar-refractivity contribution in [3.63, 3.8) is 0 Å². The Balaban J connectivity index is 0.000000187. The second kappa shape index (κ2) is 7.94. The molecule has 0 aromatic carbocycles. The molecule has 1 heterocycles. The summed E-state index contributed by atoms with van der Waals surface area (Å²) in [5.74, 6) is 4.92. The van der Waals surface area contributed by atoms with Gasteiger partial charge in [0.15, 0.2) is 0 Å². The molecule has 5 N–H and O–H groups in total. The van der Waals surface area contributed by atoms with Crippen LogP contribution in [0.5, 0.6) is 0 Å². The average molecular weight is 160 g/mol. The van der Waals surface area contributed by atoms with E-state index in [1.807, 2.05) is 13.8 Å². The number of hydrogen-bond donors (Lipinski definition) is 4. The van der Waals surface area contributed by atoms with Gasteiger partial charge >= 0.3 is 0 Å². The Labute approximate surface area is 68.9 Å². The van der Waals surface area contributed by atoms with Gasteiger partial charge in [0.25, 0.3) is 0 Å². The van der Waals surface area contributed by atoms with Crippen LogP contribution in [0.3, 0.4) is 0 Å². The van der Waals surface area contributed by atoms with Gasteiger partial charge in [-0.15, -0.1) is 0 Å². The second-order valence-electron chi connectivity index (χ2n) is 2.82. The van der Waals surface area contributed by atoms with E-state index in [0.29, 0.717) is 6.04 Å². The van der Waals surface area contributed by atoms with E-state index >= 15 is 0 Å². The topological polar surface area (TPSA) is 62.1 Å². The molecule has 4 heteroatoms. The third-order valence-electron chi connectivity index (χ3n) is 1.29. The Bertz CT molecular complexity index is 59.3. The Kier molecular flexibility index (Phi) is 7.83. The number of nitrogens with two attached hydrogens (primary N) is 1. The zero-order valence-corrected chi connectivity index (χ0v) is 7.48. The molecule has 0 saturated carbocycles. The summed E-state index contributed by atoms with van der Waals surface area (Å²) in [7, 11) is 0. The van der Waals surface area contributed by atoms with Gasteiger partial charge in [-0.2, -0.15) is 0 Å². The lowest BCUT2D eigenvalue weighted by molar-refractivity contribution is 0.534. The summed E-state index contributed by atoms with van der Waals surface area (Å²) in [5.41, 5.74) is 2.53. The van der Waals surface area contributed by atoms with Crippen LogP contribution in [0.1, 0.15) is 13.8 Å². The van der Waals surface area contributed by atoms with Gasteiger partial charge < -0.3 is 10.6 Å². The summed E-state index contributed by atoms with van der Waals surface area (Å²) < 4.78 is 0. The third-order valence-corrected chi connectivity index (χ3v) is 1.29. The first-order valence-electron chi connectivity index (χ1n) is 4.15. The molecular weight excluding hydrogens is 140 g/mol. The summed E-state index contributed by atoms with van der Waals surface area (Å²) in [6.07, 6.45) is 0. The summed E-state index contributed by atoms with van der Waals surface area (Å²) >= 11 is 0. The molecule has 0 radical (unpaired) electrons. The van der Waals surface area contributed by atoms with E-state index in [2.05, 4.69) is 16.1 Å². The lowest BCUT2D eigenvalue weighted by Crippen LogP contribution is -2.39. The third kappa shape index (κ3) is 9.84. The van der Waals surface area contributed by atoms with Crippen molar-refractivity contribution < 1.29 is 0 Å². The van der Waals surface area contributed by atoms with Crippen molar-refractivity contribution >= 4 is 0 Å². The largest absolute Gasteiger partial charge is 0.314 e. The SMILES string of the molecule is C1CNCCN1.CC(C)NN. The monoisotopic (exact) mass is 160 g/mol. The Morgan fingerprint density at radius 3 is 1.45 bits per heavy atom. The van der Waals surface area contributed by atoms with Crippen LogP contribution in [0.2, 0.25) is 0 Å². The minimum atomic E-state index is 0.412. The molecule has 0 unspecified atom stereocenters. The number of rotatable bonds is 1. The van der Waals surface area contributed by atoms with Gasteiger partial charge in [-0.25, -0.2) is 0 Å². The summed E-state index contributed by atoms with van der Waals surface area (Å²) in [6, 6.07) is 0.412. The van der Waals surface area contributed by atoms with Gasteiger partial charge in [0.1, 0.15) is 0 Å². The lowest BCUT2D eigenvalue weighted by atomic mass is 10.4. The molecule has 0 aliphatic carbocycles. The zero-order valence-electron chi connectivity index (χ0n) is 7.48. The van der Waals surface area contributed by atoms with Crippen LogP contribution in [0.25, 0.3) is 0 Å². The highest BCUT2D eigenvalue weighted by Gasteiger charge is 1.91. The van der Waals surface area contributed by atoms with Crippen molar-refractivity contribution in [3.8, 4) is 0 Å². The molecule has 1 aliphatic heterocycles. The predicted molar refractivity (Wildman–Crippen MR) is 48.2 cm³/mol. The lowest BCUT2D eigenvalue weighted by Gasteiger charge is -2.11. The molecular formula is C7H20N4. The normalized spacial score (nSPS) is 17.5. The fourth-order valence-electron chi connectivity index (χ4n) is 0.604. The number of piperazine rings is 1. The van der Waals surface area contributed by atoms with Crippen molar-refractivity contribution in [1.82, 2.24) is 16.1 Å². The Morgan fingerprint density at radius 2 is 1.36 bits per heavy atom. The number of hydrogen-bond acceptors (Lipinski definition) is 4. The second-order valence-corrected chi connectivity index (χ2v) is 2.82. The average Bonchev–Trinajstić information content (AvgIpc) is 2.09. The van der Waals surface area contributed by atoms with Crippen molar-refractivity contribution in [1.29, 1.82) is 0 Å². The number of hydrazine groups is 1. The first kappa shape index (κ1) is 10.8. The van der Waals surface area contributed by atoms with E-state index in [1.165, 1.54) is 0 Å². The predicted octanol–water partition coefficient (Wildman–Crippen LogP) is -0.963. The van der Waals surface area contributed by atoms with Crippen LogP contribution >= 0.6 is 0 Å². The maximum atomic E-state index is 4.92. The van der Waals surface area contributed by atoms with Crippen molar-refractivity contribution in [2.75, 3.05) is 26.2 Å². The molecule has 1 aliphatic rings. The molecule has 0 aromatic heterocycles. The summed E-state index contributed by atoms with van der Waals surface area (Å²) in [5, 5.41) is 6.44. The maximum Gasteiger partial charge on any atom is 0.0153 e. The molecule has 1 saturated heterocycles. The van der Waals surface area contributed by atoms with E-state index in [1.54, 1.807) is 0 Å². The molecule has 0 atom stereocenters. The van der Waals surface area contributed by atoms with E-state index < -0.39 is 0 Å². The molecule has 68 valence electrons. The quantitative estimate of drug-likeness (QED) is 0.295. The van der Waals surface area contributed by atoms with E-state index in [-0.39, 0.29) is 0 Å². The van der Waals surface area contributed by atoms with E-state index in [4.69, 9.17) is 5.84 Å². The fourth-order valence-corrected chi connectivity index (χ4v) is 0.604. The van der Waals surface area contributed by atoms with Gasteiger partial charge in [-0.3, -0.25) is 11.3 Å². The Morgan fingerprint density at radius 1 is 1.09 bits per heavy atom. The number of nitrogens with one attached hydrogen (secondary N) is 3. The van der Waals surface area contributed by atoms with Crippen LogP contribution in [-0.2, 0) is 0 Å². The van der Waals surface area contributed by atoms with Gasteiger partial charge in [-0.05, 0) is 13.8 Å². The van der Waals surface area contributed by atoms with E-state index in [9.17, 15) is 0 Å². The Hall–Kier alpha value is -0.160. The smallest absolute Gasteiger partial charge is 0.0153 e. The van der Waals surface area contributed by atoms with Crippen LogP contribution in [0.4, 0.5) is 0 Å². The molecule has 1 fully saturated rings. The van der Waals surface area contributed by atoms with Crippen LogP contribution in [0, 0.1) is 0 Å². The minimum absolute atomic E-state index is 0.412. The van der Waals surface area contributed by atoms with Crippen molar-refractivity contribution in [3.05, 3.63) is 0 Å². The zero-order chi connectivity index (χ0) is 8.53. The van der Waals surface area contributed by atoms with Crippen LogP contribution in [0.15, 0.2) is 0 Å². The fraction of sp³-hybridized carbons (Fsp3) is 1.00. The van der Waals surface area contributed by atoms with Crippen LogP contribution in [-0.4, -0.2) is 32.2 Å². The van der Waals surface area contributed by atoms with E-state index in [0.717, 1.165) is 26.2 Å². The van der Waals surface area contributed by atoms with Crippen LogP contribution < -0.4 is 21.9 Å². The highest BCUT2D eigenvalue weighted by Crippen LogP contribution is 1.65. The molecule has 4 nitrogen and oxygen atoms in total. The first-order valence-corrected chi connectivity index (χ1v) is 4.15. The van der Waals surface area contributed by atoms with Crippen molar-refractivity contribution in [2.24, 2.45) is 5.84 Å².